The highest BCUT2D eigenvalue weighted by Gasteiger charge is 2.33. The Hall–Kier alpha value is -2.70. The topological polar surface area (TPSA) is 92.5 Å². The van der Waals surface area contributed by atoms with Crippen LogP contribution >= 0.6 is 0 Å². The average Bonchev–Trinajstić information content (AvgIpc) is 3.00. The number of aliphatic carboxylic acids is 1. The van der Waals surface area contributed by atoms with Gasteiger partial charge in [0.15, 0.2) is 0 Å². The summed E-state index contributed by atoms with van der Waals surface area (Å²) in [6.45, 7) is 2.08. The summed E-state index contributed by atoms with van der Waals surface area (Å²) in [6, 6.07) is 4.52. The molecule has 1 amide bonds. The van der Waals surface area contributed by atoms with Crippen molar-refractivity contribution >= 4 is 22.8 Å². The van der Waals surface area contributed by atoms with Crippen molar-refractivity contribution in [2.24, 2.45) is 0 Å². The van der Waals surface area contributed by atoms with Gasteiger partial charge in [-0.15, -0.1) is 0 Å². The number of para-hydroxylation sites is 1. The monoisotopic (exact) mass is 315 g/mol. The van der Waals surface area contributed by atoms with E-state index in [9.17, 15) is 14.4 Å². The molecule has 1 aromatic heterocycles. The van der Waals surface area contributed by atoms with E-state index in [1.54, 1.807) is 12.1 Å². The second-order valence-corrected chi connectivity index (χ2v) is 5.73. The van der Waals surface area contributed by atoms with Gasteiger partial charge in [-0.1, -0.05) is 12.1 Å². The van der Waals surface area contributed by atoms with Crippen LogP contribution in [0.2, 0.25) is 0 Å². The molecule has 7 nitrogen and oxygen atoms in total. The number of aromatic nitrogens is 2. The molecule has 120 valence electrons. The zero-order valence-electron chi connectivity index (χ0n) is 12.7. The van der Waals surface area contributed by atoms with Gasteiger partial charge in [-0.3, -0.25) is 14.2 Å². The Morgan fingerprint density at radius 1 is 1.39 bits per heavy atom. The van der Waals surface area contributed by atoms with Crippen LogP contribution in [0.1, 0.15) is 18.4 Å². The van der Waals surface area contributed by atoms with Gasteiger partial charge in [0.05, 0.1) is 17.2 Å². The number of nitrogens with zero attached hydrogens (tertiary/aromatic N) is 3. The molecule has 2 heterocycles. The van der Waals surface area contributed by atoms with Gasteiger partial charge >= 0.3 is 5.97 Å². The lowest BCUT2D eigenvalue weighted by Crippen LogP contribution is -2.43. The molecule has 0 unspecified atom stereocenters. The van der Waals surface area contributed by atoms with Crippen LogP contribution in [-0.4, -0.2) is 44.0 Å². The minimum Gasteiger partial charge on any atom is -0.480 e. The summed E-state index contributed by atoms with van der Waals surface area (Å²) in [7, 11) is 0. The van der Waals surface area contributed by atoms with Crippen molar-refractivity contribution < 1.29 is 14.7 Å². The number of hydrogen-bond donors (Lipinski definition) is 1. The molecular weight excluding hydrogens is 298 g/mol. The minimum atomic E-state index is -1.00. The summed E-state index contributed by atoms with van der Waals surface area (Å²) >= 11 is 0. The summed E-state index contributed by atoms with van der Waals surface area (Å²) in [5.41, 5.74) is 1.22. The first-order chi connectivity index (χ1) is 11.0. The normalized spacial score (nSPS) is 17.6. The maximum Gasteiger partial charge on any atom is 0.326 e. The van der Waals surface area contributed by atoms with Gasteiger partial charge in [0, 0.05) is 6.54 Å². The second kappa shape index (κ2) is 5.83. The first-order valence-corrected chi connectivity index (χ1v) is 7.46. The van der Waals surface area contributed by atoms with Crippen LogP contribution in [0, 0.1) is 6.92 Å². The van der Waals surface area contributed by atoms with Crippen LogP contribution in [0.15, 0.2) is 29.3 Å². The van der Waals surface area contributed by atoms with Crippen molar-refractivity contribution in [1.29, 1.82) is 0 Å². The Balaban J connectivity index is 1.90. The molecular formula is C16H17N3O4. The molecule has 1 fully saturated rings. The van der Waals surface area contributed by atoms with Crippen molar-refractivity contribution in [3.05, 3.63) is 40.4 Å². The first kappa shape index (κ1) is 15.2. The number of aryl methyl sites for hydroxylation is 1. The molecule has 0 saturated carbocycles. The molecule has 23 heavy (non-hydrogen) atoms. The largest absolute Gasteiger partial charge is 0.480 e. The van der Waals surface area contributed by atoms with E-state index in [1.807, 2.05) is 13.0 Å². The predicted octanol–water partition coefficient (Wildman–Crippen LogP) is 0.781. The van der Waals surface area contributed by atoms with Crippen molar-refractivity contribution in [2.45, 2.75) is 32.4 Å². The number of amides is 1. The fraction of sp³-hybridized carbons (Fsp3) is 0.375. The zero-order valence-corrected chi connectivity index (χ0v) is 12.7. The zero-order chi connectivity index (χ0) is 16.6. The third-order valence-corrected chi connectivity index (χ3v) is 4.22. The minimum absolute atomic E-state index is 0.195. The van der Waals surface area contributed by atoms with Crippen molar-refractivity contribution in [3.8, 4) is 0 Å². The van der Waals surface area contributed by atoms with Gasteiger partial charge in [0.1, 0.15) is 12.6 Å². The molecule has 0 spiro atoms. The second-order valence-electron chi connectivity index (χ2n) is 5.73. The van der Waals surface area contributed by atoms with Gasteiger partial charge in [-0.2, -0.15) is 0 Å². The quantitative estimate of drug-likeness (QED) is 0.903. The molecule has 1 aliphatic rings. The summed E-state index contributed by atoms with van der Waals surface area (Å²) < 4.78 is 1.24. The van der Waals surface area contributed by atoms with Gasteiger partial charge in [-0.05, 0) is 31.4 Å². The van der Waals surface area contributed by atoms with Crippen LogP contribution in [0.3, 0.4) is 0 Å². The van der Waals surface area contributed by atoms with E-state index >= 15 is 0 Å². The highest BCUT2D eigenvalue weighted by molar-refractivity contribution is 5.85. The highest BCUT2D eigenvalue weighted by atomic mass is 16.4. The number of rotatable bonds is 3. The number of hydrogen-bond acceptors (Lipinski definition) is 4. The molecule has 1 aliphatic heterocycles. The van der Waals surface area contributed by atoms with Crippen LogP contribution in [-0.2, 0) is 16.1 Å². The maximum atomic E-state index is 12.5. The first-order valence-electron chi connectivity index (χ1n) is 7.46. The Morgan fingerprint density at radius 3 is 2.91 bits per heavy atom. The standard InChI is InChI=1S/C16H17N3O4/c1-10-4-2-5-11-14(10)17-9-18(15(11)21)8-13(20)19-7-3-6-12(19)16(22)23/h2,4-5,9,12H,3,6-8H2,1H3,(H,22,23)/t12-/m0/s1. The predicted molar refractivity (Wildman–Crippen MR) is 83.1 cm³/mol. The highest BCUT2D eigenvalue weighted by Crippen LogP contribution is 2.18. The van der Waals surface area contributed by atoms with Crippen LogP contribution < -0.4 is 5.56 Å². The van der Waals surface area contributed by atoms with E-state index in [-0.39, 0.29) is 18.0 Å². The van der Waals surface area contributed by atoms with Gasteiger partial charge in [-0.25, -0.2) is 9.78 Å². The number of benzene rings is 1. The smallest absolute Gasteiger partial charge is 0.326 e. The van der Waals surface area contributed by atoms with Gasteiger partial charge < -0.3 is 10.0 Å². The Morgan fingerprint density at radius 2 is 2.17 bits per heavy atom. The van der Waals surface area contributed by atoms with Crippen LogP contribution in [0.4, 0.5) is 0 Å². The molecule has 3 rings (SSSR count). The average molecular weight is 315 g/mol. The summed E-state index contributed by atoms with van der Waals surface area (Å²) in [5.74, 6) is -1.37. The molecule has 2 aromatic rings. The maximum absolute atomic E-state index is 12.5. The lowest BCUT2D eigenvalue weighted by molar-refractivity contribution is -0.148. The SMILES string of the molecule is Cc1cccc2c(=O)n(CC(=O)N3CCC[C@H]3C(=O)O)cnc12. The summed E-state index contributed by atoms with van der Waals surface area (Å²) in [4.78, 5) is 41.6. The third kappa shape index (κ3) is 2.69. The Bertz CT molecular complexity index is 843. The molecule has 0 bridgehead atoms. The molecule has 1 aromatic carbocycles. The third-order valence-electron chi connectivity index (χ3n) is 4.22. The molecule has 1 N–H and O–H groups in total. The van der Waals surface area contributed by atoms with Crippen LogP contribution in [0.5, 0.6) is 0 Å². The molecule has 1 atom stereocenters. The van der Waals surface area contributed by atoms with E-state index in [0.717, 1.165) is 5.56 Å². The Labute approximate surface area is 132 Å². The molecule has 0 radical (unpaired) electrons. The lowest BCUT2D eigenvalue weighted by Gasteiger charge is -2.21. The lowest BCUT2D eigenvalue weighted by atomic mass is 10.1. The van der Waals surface area contributed by atoms with Crippen molar-refractivity contribution in [1.82, 2.24) is 14.5 Å². The Kier molecular flexibility index (Phi) is 3.85. The van der Waals surface area contributed by atoms with Crippen LogP contribution in [0.25, 0.3) is 10.9 Å². The molecule has 0 aliphatic carbocycles. The summed E-state index contributed by atoms with van der Waals surface area (Å²) in [5, 5.41) is 9.61. The van der Waals surface area contributed by atoms with Gasteiger partial charge in [0.25, 0.3) is 5.56 Å². The van der Waals surface area contributed by atoms with E-state index in [1.165, 1.54) is 15.8 Å². The van der Waals surface area contributed by atoms with Crippen molar-refractivity contribution in [2.75, 3.05) is 6.54 Å². The van der Waals surface area contributed by atoms with E-state index in [0.29, 0.717) is 30.3 Å². The van der Waals surface area contributed by atoms with E-state index in [2.05, 4.69) is 4.98 Å². The number of likely N-dealkylation sites (tertiary alicyclic amines) is 1. The number of carbonyl (C=O) groups is 2. The van der Waals surface area contributed by atoms with Gasteiger partial charge in [0.2, 0.25) is 5.91 Å². The number of carboxylic acid groups (broad SMARTS) is 1. The fourth-order valence-corrected chi connectivity index (χ4v) is 3.01. The van der Waals surface area contributed by atoms with E-state index in [4.69, 9.17) is 5.11 Å². The van der Waals surface area contributed by atoms with Crippen molar-refractivity contribution in [3.63, 3.8) is 0 Å². The summed E-state index contributed by atoms with van der Waals surface area (Å²) in [6.07, 6.45) is 2.46. The fourth-order valence-electron chi connectivity index (χ4n) is 3.01. The number of carboxylic acids is 1. The number of carbonyl (C=O) groups excluding carboxylic acids is 1. The molecule has 7 heteroatoms. The number of fused-ring (bicyclic) bond motifs is 1. The molecule has 1 saturated heterocycles. The van der Waals surface area contributed by atoms with E-state index < -0.39 is 12.0 Å².